The summed E-state index contributed by atoms with van der Waals surface area (Å²) in [6.07, 6.45) is 2.39. The van der Waals surface area contributed by atoms with Crippen LogP contribution in [0.1, 0.15) is 51.2 Å². The van der Waals surface area contributed by atoms with Gasteiger partial charge in [-0.2, -0.15) is 5.26 Å². The van der Waals surface area contributed by atoms with E-state index in [4.69, 9.17) is 4.74 Å². The van der Waals surface area contributed by atoms with Crippen molar-refractivity contribution in [2.45, 2.75) is 70.1 Å². The molecule has 5 rings (SSSR count). The van der Waals surface area contributed by atoms with Gasteiger partial charge in [-0.3, -0.25) is 14.5 Å². The van der Waals surface area contributed by atoms with E-state index < -0.39 is 23.3 Å². The van der Waals surface area contributed by atoms with Gasteiger partial charge < -0.3 is 15.0 Å². The Hall–Kier alpha value is -3.86. The van der Waals surface area contributed by atoms with E-state index in [2.05, 4.69) is 11.4 Å². The number of ether oxygens (including phenoxy) is 1. The molecule has 1 saturated heterocycles. The fourth-order valence-electron chi connectivity index (χ4n) is 5.97. The Morgan fingerprint density at radius 3 is 2.55 bits per heavy atom. The molecule has 3 amide bonds. The van der Waals surface area contributed by atoms with Gasteiger partial charge in [-0.05, 0) is 74.3 Å². The molecule has 0 unspecified atom stereocenters. The quantitative estimate of drug-likeness (QED) is 0.644. The molecule has 1 aliphatic carbocycles. The van der Waals surface area contributed by atoms with Crippen molar-refractivity contribution in [3.63, 3.8) is 0 Å². The summed E-state index contributed by atoms with van der Waals surface area (Å²) >= 11 is 0. The Bertz CT molecular complexity index is 1320. The van der Waals surface area contributed by atoms with Gasteiger partial charge in [0, 0.05) is 25.7 Å². The number of benzene rings is 2. The fourth-order valence-corrected chi connectivity index (χ4v) is 5.97. The molecule has 1 saturated carbocycles. The molecular formula is C30H34N4O4. The topological polar surface area (TPSA) is 103 Å². The van der Waals surface area contributed by atoms with Crippen LogP contribution in [0.5, 0.6) is 0 Å². The van der Waals surface area contributed by atoms with Gasteiger partial charge in [0.1, 0.15) is 17.2 Å². The number of hydrogen-bond donors (Lipinski definition) is 1. The maximum Gasteiger partial charge on any atom is 0.411 e. The predicted octanol–water partition coefficient (Wildman–Crippen LogP) is 4.21. The summed E-state index contributed by atoms with van der Waals surface area (Å²) in [5, 5.41) is 12.8. The number of fused-ring (bicyclic) bond motifs is 3. The average Bonchev–Trinajstić information content (AvgIpc) is 3.55. The third-order valence-electron chi connectivity index (χ3n) is 7.94. The monoisotopic (exact) mass is 514 g/mol. The van der Waals surface area contributed by atoms with Crippen LogP contribution in [0.15, 0.2) is 42.5 Å². The van der Waals surface area contributed by atoms with E-state index in [-0.39, 0.29) is 17.7 Å². The van der Waals surface area contributed by atoms with Crippen LogP contribution in [-0.4, -0.2) is 53.6 Å². The van der Waals surface area contributed by atoms with Crippen molar-refractivity contribution in [3.05, 3.63) is 53.6 Å². The van der Waals surface area contributed by atoms with Crippen molar-refractivity contribution >= 4 is 23.6 Å². The summed E-state index contributed by atoms with van der Waals surface area (Å²) in [5.74, 6) is 0.0957. The zero-order valence-corrected chi connectivity index (χ0v) is 22.4. The fraction of sp³-hybridized carbons (Fsp3) is 0.467. The molecule has 2 fully saturated rings. The Kier molecular flexibility index (Phi) is 6.42. The van der Waals surface area contributed by atoms with Crippen LogP contribution in [0.4, 0.5) is 10.5 Å². The van der Waals surface area contributed by atoms with Crippen molar-refractivity contribution in [2.24, 2.45) is 5.92 Å². The van der Waals surface area contributed by atoms with Gasteiger partial charge in [0.05, 0.1) is 12.5 Å². The van der Waals surface area contributed by atoms with Crippen LogP contribution in [-0.2, 0) is 27.2 Å². The van der Waals surface area contributed by atoms with Crippen molar-refractivity contribution in [2.75, 3.05) is 18.5 Å². The second-order valence-electron chi connectivity index (χ2n) is 11.8. The third-order valence-corrected chi connectivity index (χ3v) is 7.94. The summed E-state index contributed by atoms with van der Waals surface area (Å²) in [4.78, 5) is 41.7. The first-order chi connectivity index (χ1) is 18.0. The number of likely N-dealkylation sites (N-methyl/N-ethyl adjacent to an activating group) is 1. The highest BCUT2D eigenvalue weighted by atomic mass is 16.6. The van der Waals surface area contributed by atoms with Crippen molar-refractivity contribution in [1.29, 1.82) is 5.26 Å². The summed E-state index contributed by atoms with van der Waals surface area (Å²) in [6.45, 7) is 5.94. The Morgan fingerprint density at radius 1 is 1.18 bits per heavy atom. The van der Waals surface area contributed by atoms with E-state index in [9.17, 15) is 19.6 Å². The highest BCUT2D eigenvalue weighted by Crippen LogP contribution is 2.47. The van der Waals surface area contributed by atoms with Crippen LogP contribution in [0.2, 0.25) is 0 Å². The first-order valence-electron chi connectivity index (χ1n) is 13.2. The first-order valence-corrected chi connectivity index (χ1v) is 13.2. The van der Waals surface area contributed by atoms with Crippen LogP contribution in [0, 0.1) is 17.2 Å². The molecule has 2 bridgehead atoms. The van der Waals surface area contributed by atoms with E-state index in [1.807, 2.05) is 63.2 Å². The Labute approximate surface area is 223 Å². The highest BCUT2D eigenvalue weighted by Gasteiger charge is 2.58. The number of rotatable bonds is 5. The van der Waals surface area contributed by atoms with E-state index in [1.165, 1.54) is 0 Å². The second kappa shape index (κ2) is 9.46. The number of amides is 3. The smallest absolute Gasteiger partial charge is 0.411 e. The van der Waals surface area contributed by atoms with Gasteiger partial charge in [-0.15, -0.1) is 0 Å². The van der Waals surface area contributed by atoms with Crippen LogP contribution >= 0.6 is 0 Å². The van der Waals surface area contributed by atoms with Crippen LogP contribution in [0.3, 0.4) is 0 Å². The van der Waals surface area contributed by atoms with E-state index >= 15 is 0 Å². The predicted molar refractivity (Wildman–Crippen MR) is 143 cm³/mol. The van der Waals surface area contributed by atoms with Crippen molar-refractivity contribution < 1.29 is 19.1 Å². The van der Waals surface area contributed by atoms with E-state index in [1.54, 1.807) is 16.8 Å². The molecular weight excluding hydrogens is 480 g/mol. The first kappa shape index (κ1) is 25.8. The van der Waals surface area contributed by atoms with Gasteiger partial charge >= 0.3 is 6.09 Å². The zero-order chi connectivity index (χ0) is 27.2. The molecule has 8 nitrogen and oxygen atoms in total. The minimum atomic E-state index is -0.950. The largest absolute Gasteiger partial charge is 0.444 e. The number of hydrogen-bond acceptors (Lipinski definition) is 5. The second-order valence-corrected chi connectivity index (χ2v) is 11.8. The minimum absolute atomic E-state index is 0.0941. The number of anilines is 1. The average molecular weight is 515 g/mol. The summed E-state index contributed by atoms with van der Waals surface area (Å²) in [7, 11) is 1.79. The number of nitriles is 1. The van der Waals surface area contributed by atoms with Crippen LogP contribution < -0.4 is 10.2 Å². The van der Waals surface area contributed by atoms with E-state index in [0.717, 1.165) is 34.4 Å². The molecule has 198 valence electrons. The third kappa shape index (κ3) is 4.73. The Morgan fingerprint density at radius 2 is 1.89 bits per heavy atom. The lowest BCUT2D eigenvalue weighted by molar-refractivity contribution is -0.132. The molecule has 2 aromatic rings. The molecule has 3 atom stereocenters. The van der Waals surface area contributed by atoms with Gasteiger partial charge in [-0.25, -0.2) is 4.79 Å². The van der Waals surface area contributed by atoms with Crippen LogP contribution in [0.25, 0.3) is 11.1 Å². The standard InChI is InChI=1S/C30H34N4O4/c1-29(2,3)38-28(37)34-18-20-11-12-30(34,16-20)27(36)32-24(17-31)13-19-5-7-21(8-6-19)22-9-10-23-15-26(35)33(4)25(23)14-22/h5-10,14,20,24H,11-13,15-16,18H2,1-4H3,(H,32,36)/t20-,24+,30-/m1/s1. The summed E-state index contributed by atoms with van der Waals surface area (Å²) < 4.78 is 5.58. The van der Waals surface area contributed by atoms with Crippen molar-refractivity contribution in [1.82, 2.24) is 10.2 Å². The summed E-state index contributed by atoms with van der Waals surface area (Å²) in [6, 6.07) is 15.4. The number of nitrogens with one attached hydrogen (secondary N) is 1. The molecule has 1 N–H and O–H groups in total. The molecule has 2 aliphatic heterocycles. The maximum absolute atomic E-state index is 13.5. The Balaban J connectivity index is 1.26. The molecule has 8 heteroatoms. The zero-order valence-electron chi connectivity index (χ0n) is 22.4. The number of carbonyl (C=O) groups excluding carboxylic acids is 3. The van der Waals surface area contributed by atoms with Gasteiger partial charge in [0.2, 0.25) is 11.8 Å². The minimum Gasteiger partial charge on any atom is -0.444 e. The SMILES string of the molecule is CN1C(=O)Cc2ccc(-c3ccc(C[C@@H](C#N)NC(=O)[C@]45CC[C@@H](CN4C(=O)OC(C)(C)C)C5)cc3)cc21. The number of nitrogens with zero attached hydrogens (tertiary/aromatic N) is 3. The highest BCUT2D eigenvalue weighted by molar-refractivity contribution is 6.01. The summed E-state index contributed by atoms with van der Waals surface area (Å²) in [5.41, 5.74) is 3.32. The number of likely N-dealkylation sites (tertiary alicyclic amines) is 1. The molecule has 0 aromatic heterocycles. The van der Waals surface area contributed by atoms with Gasteiger partial charge in [0.15, 0.2) is 0 Å². The lowest BCUT2D eigenvalue weighted by Crippen LogP contribution is -2.59. The van der Waals surface area contributed by atoms with Gasteiger partial charge in [-0.1, -0.05) is 36.4 Å². The lowest BCUT2D eigenvalue weighted by Gasteiger charge is -2.38. The lowest BCUT2D eigenvalue weighted by atomic mass is 9.94. The maximum atomic E-state index is 13.5. The molecule has 0 spiro atoms. The number of carbonyl (C=O) groups is 3. The molecule has 3 aliphatic rings. The molecule has 0 radical (unpaired) electrons. The van der Waals surface area contributed by atoms with E-state index in [0.29, 0.717) is 32.2 Å². The molecule has 38 heavy (non-hydrogen) atoms. The normalized spacial score (nSPS) is 22.7. The van der Waals surface area contributed by atoms with Crippen molar-refractivity contribution in [3.8, 4) is 17.2 Å². The van der Waals surface area contributed by atoms with Gasteiger partial charge in [0.25, 0.3) is 0 Å². The molecule has 2 aromatic carbocycles. The number of piperidine rings is 1. The molecule has 2 heterocycles.